The first-order valence-electron chi connectivity index (χ1n) is 8.94. The van der Waals surface area contributed by atoms with Gasteiger partial charge in [-0.3, -0.25) is 4.79 Å². The van der Waals surface area contributed by atoms with Crippen LogP contribution in [0.4, 0.5) is 4.79 Å². The first-order chi connectivity index (χ1) is 13.4. The van der Waals surface area contributed by atoms with Crippen LogP contribution in [0.3, 0.4) is 0 Å². The highest BCUT2D eigenvalue weighted by atomic mass is 35.5. The van der Waals surface area contributed by atoms with E-state index < -0.39 is 12.1 Å². The van der Waals surface area contributed by atoms with Crippen molar-refractivity contribution in [3.8, 4) is 0 Å². The third-order valence-electron chi connectivity index (χ3n) is 4.48. The molecule has 0 spiro atoms. The Morgan fingerprint density at radius 2 is 1.89 bits per heavy atom. The molecule has 28 heavy (non-hydrogen) atoms. The van der Waals surface area contributed by atoms with Gasteiger partial charge in [0.15, 0.2) is 0 Å². The van der Waals surface area contributed by atoms with Gasteiger partial charge in [-0.05, 0) is 36.8 Å². The van der Waals surface area contributed by atoms with Crippen LogP contribution in [0.2, 0.25) is 5.02 Å². The first-order valence-corrected chi connectivity index (χ1v) is 9.32. The summed E-state index contributed by atoms with van der Waals surface area (Å²) in [6.07, 6.45) is 0.0776. The van der Waals surface area contributed by atoms with E-state index in [1.807, 2.05) is 31.2 Å². The average Bonchev–Trinajstić information content (AvgIpc) is 2.97. The molecule has 146 valence electrons. The van der Waals surface area contributed by atoms with Crippen molar-refractivity contribution in [2.24, 2.45) is 5.73 Å². The van der Waals surface area contributed by atoms with Gasteiger partial charge < -0.3 is 20.9 Å². The zero-order chi connectivity index (χ0) is 20.1. The molecule has 0 aliphatic rings. The number of hydrogen-bond acceptors (Lipinski definition) is 3. The number of imidazole rings is 1. The summed E-state index contributed by atoms with van der Waals surface area (Å²) in [6, 6.07) is 13.6. The van der Waals surface area contributed by atoms with Crippen LogP contribution in [-0.4, -0.2) is 28.0 Å². The lowest BCUT2D eigenvalue weighted by molar-refractivity contribution is -0.121. The SMILES string of the molecule is Cc1nc2ccccc2n1CCNC(=O)C[C@H](NC(N)=O)c1ccc(Cl)cc1. The molecule has 0 unspecified atom stereocenters. The van der Waals surface area contributed by atoms with E-state index in [-0.39, 0.29) is 12.3 Å². The summed E-state index contributed by atoms with van der Waals surface area (Å²) < 4.78 is 2.06. The van der Waals surface area contributed by atoms with Gasteiger partial charge in [0.2, 0.25) is 5.91 Å². The number of rotatable bonds is 7. The van der Waals surface area contributed by atoms with Gasteiger partial charge in [0.1, 0.15) is 5.82 Å². The monoisotopic (exact) mass is 399 g/mol. The standard InChI is InChI=1S/C20H22ClN5O2/c1-13-24-16-4-2-3-5-18(16)26(13)11-10-23-19(27)12-17(25-20(22)28)14-6-8-15(21)9-7-14/h2-9,17H,10-12H2,1H3,(H,23,27)(H3,22,25,28)/t17-/m0/s1. The van der Waals surface area contributed by atoms with E-state index in [2.05, 4.69) is 20.2 Å². The van der Waals surface area contributed by atoms with Gasteiger partial charge in [-0.25, -0.2) is 9.78 Å². The lowest BCUT2D eigenvalue weighted by Crippen LogP contribution is -2.37. The van der Waals surface area contributed by atoms with Crippen molar-refractivity contribution in [1.82, 2.24) is 20.2 Å². The van der Waals surface area contributed by atoms with Crippen molar-refractivity contribution in [1.29, 1.82) is 0 Å². The van der Waals surface area contributed by atoms with Crippen LogP contribution in [0, 0.1) is 6.92 Å². The number of halogens is 1. The number of amides is 3. The van der Waals surface area contributed by atoms with Crippen LogP contribution in [0.15, 0.2) is 48.5 Å². The number of aromatic nitrogens is 2. The molecule has 0 bridgehead atoms. The predicted octanol–water partition coefficient (Wildman–Crippen LogP) is 2.91. The van der Waals surface area contributed by atoms with Crippen molar-refractivity contribution in [3.63, 3.8) is 0 Å². The molecule has 1 atom stereocenters. The summed E-state index contributed by atoms with van der Waals surface area (Å²) in [4.78, 5) is 28.2. The van der Waals surface area contributed by atoms with E-state index in [0.29, 0.717) is 18.1 Å². The molecule has 0 saturated heterocycles. The maximum atomic E-state index is 12.4. The average molecular weight is 400 g/mol. The number of para-hydroxylation sites is 2. The molecule has 3 rings (SSSR count). The van der Waals surface area contributed by atoms with Gasteiger partial charge in [0.25, 0.3) is 0 Å². The number of fused-ring (bicyclic) bond motifs is 1. The third-order valence-corrected chi connectivity index (χ3v) is 4.73. The zero-order valence-electron chi connectivity index (χ0n) is 15.5. The maximum Gasteiger partial charge on any atom is 0.312 e. The molecule has 2 aromatic carbocycles. The molecule has 0 aliphatic carbocycles. The van der Waals surface area contributed by atoms with Gasteiger partial charge in [-0.15, -0.1) is 0 Å². The number of nitrogens with two attached hydrogens (primary N) is 1. The van der Waals surface area contributed by atoms with Crippen LogP contribution in [0.1, 0.15) is 23.9 Å². The summed E-state index contributed by atoms with van der Waals surface area (Å²) in [5.41, 5.74) is 7.97. The Bertz CT molecular complexity index is 984. The van der Waals surface area contributed by atoms with Gasteiger partial charge in [-0.1, -0.05) is 35.9 Å². The Morgan fingerprint density at radius 1 is 1.18 bits per heavy atom. The Kier molecular flexibility index (Phi) is 6.16. The lowest BCUT2D eigenvalue weighted by Gasteiger charge is -2.18. The molecule has 7 nitrogen and oxygen atoms in total. The minimum atomic E-state index is -0.687. The van der Waals surface area contributed by atoms with Crippen molar-refractivity contribution in [3.05, 3.63) is 64.9 Å². The number of benzene rings is 2. The van der Waals surface area contributed by atoms with Crippen molar-refractivity contribution < 1.29 is 9.59 Å². The number of hydrogen-bond donors (Lipinski definition) is 3. The van der Waals surface area contributed by atoms with E-state index >= 15 is 0 Å². The second-order valence-electron chi connectivity index (χ2n) is 6.47. The van der Waals surface area contributed by atoms with Crippen LogP contribution in [0.25, 0.3) is 11.0 Å². The highest BCUT2D eigenvalue weighted by Gasteiger charge is 2.17. The fraction of sp³-hybridized carbons (Fsp3) is 0.250. The largest absolute Gasteiger partial charge is 0.354 e. The van der Waals surface area contributed by atoms with Gasteiger partial charge >= 0.3 is 6.03 Å². The van der Waals surface area contributed by atoms with Crippen LogP contribution in [0.5, 0.6) is 0 Å². The summed E-state index contributed by atoms with van der Waals surface area (Å²) in [7, 11) is 0. The van der Waals surface area contributed by atoms with E-state index in [1.165, 1.54) is 0 Å². The molecule has 4 N–H and O–H groups in total. The minimum Gasteiger partial charge on any atom is -0.354 e. The van der Waals surface area contributed by atoms with Crippen LogP contribution in [-0.2, 0) is 11.3 Å². The van der Waals surface area contributed by atoms with E-state index in [1.54, 1.807) is 24.3 Å². The number of urea groups is 1. The fourth-order valence-electron chi connectivity index (χ4n) is 3.16. The molecular formula is C20H22ClN5O2. The number of carbonyl (C=O) groups is 2. The second kappa shape index (κ2) is 8.75. The Hall–Kier alpha value is -3.06. The number of primary amides is 1. The maximum absolute atomic E-state index is 12.4. The van der Waals surface area contributed by atoms with Crippen molar-refractivity contribution >= 4 is 34.6 Å². The molecule has 0 fully saturated rings. The molecule has 3 amide bonds. The van der Waals surface area contributed by atoms with Crippen LogP contribution < -0.4 is 16.4 Å². The smallest absolute Gasteiger partial charge is 0.312 e. The summed E-state index contributed by atoms with van der Waals surface area (Å²) in [6.45, 7) is 2.99. The predicted molar refractivity (Wildman–Crippen MR) is 109 cm³/mol. The highest BCUT2D eigenvalue weighted by Crippen LogP contribution is 2.19. The van der Waals surface area contributed by atoms with Gasteiger partial charge in [-0.2, -0.15) is 0 Å². The van der Waals surface area contributed by atoms with Crippen molar-refractivity contribution in [2.75, 3.05) is 6.54 Å². The van der Waals surface area contributed by atoms with Gasteiger partial charge in [0, 0.05) is 18.1 Å². The molecule has 0 aliphatic heterocycles. The van der Waals surface area contributed by atoms with Crippen LogP contribution >= 0.6 is 11.6 Å². The molecule has 1 heterocycles. The molecule has 3 aromatic rings. The Morgan fingerprint density at radius 3 is 2.61 bits per heavy atom. The fourth-order valence-corrected chi connectivity index (χ4v) is 3.29. The van der Waals surface area contributed by atoms with E-state index in [0.717, 1.165) is 22.4 Å². The second-order valence-corrected chi connectivity index (χ2v) is 6.90. The lowest BCUT2D eigenvalue weighted by atomic mass is 10.0. The number of nitrogens with one attached hydrogen (secondary N) is 2. The van der Waals surface area contributed by atoms with E-state index in [4.69, 9.17) is 17.3 Å². The Labute approximate surface area is 167 Å². The zero-order valence-corrected chi connectivity index (χ0v) is 16.2. The topological polar surface area (TPSA) is 102 Å². The highest BCUT2D eigenvalue weighted by molar-refractivity contribution is 6.30. The number of aryl methyl sites for hydroxylation is 1. The molecule has 0 saturated carbocycles. The summed E-state index contributed by atoms with van der Waals surface area (Å²) >= 11 is 5.90. The third kappa shape index (κ3) is 4.80. The Balaban J connectivity index is 1.60. The quantitative estimate of drug-likeness (QED) is 0.569. The molecule has 0 radical (unpaired) electrons. The normalized spacial score (nSPS) is 11.9. The molecule has 1 aromatic heterocycles. The summed E-state index contributed by atoms with van der Waals surface area (Å²) in [5, 5.41) is 6.07. The molecule has 8 heteroatoms. The van der Waals surface area contributed by atoms with Crippen molar-refractivity contribution in [2.45, 2.75) is 25.9 Å². The van der Waals surface area contributed by atoms with Gasteiger partial charge in [0.05, 0.1) is 23.5 Å². The van der Waals surface area contributed by atoms with E-state index in [9.17, 15) is 9.59 Å². The molecular weight excluding hydrogens is 378 g/mol. The minimum absolute atomic E-state index is 0.0776. The summed E-state index contributed by atoms with van der Waals surface area (Å²) in [5.74, 6) is 0.709. The first kappa shape index (κ1) is 19.7. The number of carbonyl (C=O) groups excluding carboxylic acids is 2. The number of nitrogens with zero attached hydrogens (tertiary/aromatic N) is 2.